The molecule has 0 saturated carbocycles. The highest BCUT2D eigenvalue weighted by molar-refractivity contribution is 7.14. The summed E-state index contributed by atoms with van der Waals surface area (Å²) >= 11 is 2.57. The highest BCUT2D eigenvalue weighted by Crippen LogP contribution is 2.42. The minimum Gasteiger partial charge on any atom is -0.503 e. The number of nitrogens with zero attached hydrogens (tertiary/aromatic N) is 2. The molecule has 2 aromatic heterocycles. The molecular weight excluding hydrogens is 368 g/mol. The van der Waals surface area contributed by atoms with Crippen LogP contribution in [0.2, 0.25) is 0 Å². The summed E-state index contributed by atoms with van der Waals surface area (Å²) in [7, 11) is 0. The first-order chi connectivity index (χ1) is 12.6. The van der Waals surface area contributed by atoms with Gasteiger partial charge in [0.05, 0.1) is 16.5 Å². The smallest absolute Gasteiger partial charge is 0.296 e. The lowest BCUT2D eigenvalue weighted by Gasteiger charge is -2.24. The summed E-state index contributed by atoms with van der Waals surface area (Å²) in [6, 6.07) is 10.3. The van der Waals surface area contributed by atoms with Crippen LogP contribution < -0.4 is 4.90 Å². The Hall–Kier alpha value is -2.77. The molecule has 1 aromatic carbocycles. The molecule has 1 amide bonds. The minimum absolute atomic E-state index is 0.0940. The monoisotopic (exact) mass is 382 g/mol. The van der Waals surface area contributed by atoms with Gasteiger partial charge in [-0.2, -0.15) is 0 Å². The highest BCUT2D eigenvalue weighted by Gasteiger charge is 2.45. The molecule has 26 heavy (non-hydrogen) atoms. The molecule has 0 radical (unpaired) electrons. The number of carbonyl (C=O) groups is 2. The second-order valence-electron chi connectivity index (χ2n) is 5.87. The van der Waals surface area contributed by atoms with Gasteiger partial charge in [0.1, 0.15) is 0 Å². The van der Waals surface area contributed by atoms with Crippen molar-refractivity contribution in [2.24, 2.45) is 0 Å². The molecule has 0 aliphatic carbocycles. The lowest BCUT2D eigenvalue weighted by atomic mass is 9.95. The molecule has 0 bridgehead atoms. The maximum absolute atomic E-state index is 13.0. The summed E-state index contributed by atoms with van der Waals surface area (Å²) in [5.74, 6) is -1.45. The van der Waals surface area contributed by atoms with Crippen LogP contribution in [0.5, 0.6) is 0 Å². The number of ketones is 1. The number of hydrogen-bond donors (Lipinski definition) is 1. The van der Waals surface area contributed by atoms with Crippen LogP contribution in [0.4, 0.5) is 5.13 Å². The molecule has 1 N–H and O–H groups in total. The van der Waals surface area contributed by atoms with Gasteiger partial charge in [-0.1, -0.05) is 35.9 Å². The number of aryl methyl sites for hydroxylation is 1. The topological polar surface area (TPSA) is 70.5 Å². The number of carbonyl (C=O) groups excluding carboxylic acids is 2. The molecule has 1 atom stereocenters. The Labute approximate surface area is 157 Å². The van der Waals surface area contributed by atoms with Gasteiger partial charge < -0.3 is 5.11 Å². The number of hydrogen-bond acceptors (Lipinski definition) is 6. The third-order valence-corrected chi connectivity index (χ3v) is 5.86. The van der Waals surface area contributed by atoms with Gasteiger partial charge in [-0.25, -0.2) is 4.98 Å². The second-order valence-corrected chi connectivity index (χ2v) is 7.69. The number of amides is 1. The van der Waals surface area contributed by atoms with Crippen molar-refractivity contribution in [3.8, 4) is 0 Å². The predicted molar refractivity (Wildman–Crippen MR) is 102 cm³/mol. The van der Waals surface area contributed by atoms with Gasteiger partial charge in [-0.3, -0.25) is 14.5 Å². The van der Waals surface area contributed by atoms with E-state index in [-0.39, 0.29) is 11.4 Å². The second kappa shape index (κ2) is 6.51. The SMILES string of the molecule is Cc1ccc(C2C(C(=O)c3cccs3)=C(O)C(=O)N2c2nccs2)cc1. The zero-order valence-electron chi connectivity index (χ0n) is 13.7. The van der Waals surface area contributed by atoms with Crippen molar-refractivity contribution in [3.63, 3.8) is 0 Å². The molecule has 3 heterocycles. The molecule has 130 valence electrons. The third kappa shape index (κ3) is 2.65. The van der Waals surface area contributed by atoms with E-state index < -0.39 is 17.7 Å². The fourth-order valence-electron chi connectivity index (χ4n) is 2.97. The lowest BCUT2D eigenvalue weighted by molar-refractivity contribution is -0.117. The number of Topliss-reactive ketones (excluding diaryl/α,β-unsaturated/α-hetero) is 1. The average molecular weight is 382 g/mol. The molecule has 3 aromatic rings. The predicted octanol–water partition coefficient (Wildman–Crippen LogP) is 4.30. The Bertz CT molecular complexity index is 990. The van der Waals surface area contributed by atoms with Crippen molar-refractivity contribution in [1.29, 1.82) is 0 Å². The number of anilines is 1. The summed E-state index contributed by atoms with van der Waals surface area (Å²) in [6.07, 6.45) is 1.59. The van der Waals surface area contributed by atoms with Crippen molar-refractivity contribution < 1.29 is 14.7 Å². The van der Waals surface area contributed by atoms with E-state index in [0.29, 0.717) is 10.0 Å². The van der Waals surface area contributed by atoms with Crippen LogP contribution in [0.3, 0.4) is 0 Å². The van der Waals surface area contributed by atoms with Crippen molar-refractivity contribution >= 4 is 39.5 Å². The molecule has 1 unspecified atom stereocenters. The number of thiazole rings is 1. The van der Waals surface area contributed by atoms with E-state index in [2.05, 4.69) is 4.98 Å². The van der Waals surface area contributed by atoms with Crippen LogP contribution in [0, 0.1) is 6.92 Å². The van der Waals surface area contributed by atoms with E-state index in [0.717, 1.165) is 11.1 Å². The molecule has 5 nitrogen and oxygen atoms in total. The van der Waals surface area contributed by atoms with Gasteiger partial charge in [-0.05, 0) is 23.9 Å². The van der Waals surface area contributed by atoms with E-state index in [4.69, 9.17) is 0 Å². The fourth-order valence-corrected chi connectivity index (χ4v) is 4.32. The van der Waals surface area contributed by atoms with Gasteiger partial charge in [0.15, 0.2) is 10.9 Å². The quantitative estimate of drug-likeness (QED) is 0.683. The number of aliphatic hydroxyl groups excluding tert-OH is 1. The Morgan fingerprint density at radius 2 is 1.92 bits per heavy atom. The molecule has 0 saturated heterocycles. The van der Waals surface area contributed by atoms with Gasteiger partial charge >= 0.3 is 0 Å². The lowest BCUT2D eigenvalue weighted by Crippen LogP contribution is -2.30. The number of aliphatic hydroxyl groups is 1. The summed E-state index contributed by atoms with van der Waals surface area (Å²) in [5, 5.41) is 14.5. The first-order valence-corrected chi connectivity index (χ1v) is 9.65. The zero-order valence-corrected chi connectivity index (χ0v) is 15.4. The summed E-state index contributed by atoms with van der Waals surface area (Å²) in [6.45, 7) is 1.97. The maximum Gasteiger partial charge on any atom is 0.296 e. The fraction of sp³-hybridized carbons (Fsp3) is 0.105. The Morgan fingerprint density at radius 3 is 2.54 bits per heavy atom. The molecule has 7 heteroatoms. The first kappa shape index (κ1) is 16.7. The van der Waals surface area contributed by atoms with E-state index in [1.54, 1.807) is 29.1 Å². The standard InChI is InChI=1S/C19H14N2O3S2/c1-11-4-6-12(7-5-11)15-14(16(22)13-3-2-9-25-13)17(23)18(24)21(15)19-20-8-10-26-19/h2-10,15,23H,1H3. The summed E-state index contributed by atoms with van der Waals surface area (Å²) in [4.78, 5) is 31.9. The third-order valence-electron chi connectivity index (χ3n) is 4.22. The van der Waals surface area contributed by atoms with E-state index in [1.807, 2.05) is 31.2 Å². The largest absolute Gasteiger partial charge is 0.503 e. The van der Waals surface area contributed by atoms with Crippen LogP contribution in [0.1, 0.15) is 26.8 Å². The first-order valence-electron chi connectivity index (χ1n) is 7.89. The Morgan fingerprint density at radius 1 is 1.15 bits per heavy atom. The Balaban J connectivity index is 1.88. The van der Waals surface area contributed by atoms with E-state index in [1.165, 1.54) is 27.6 Å². The van der Waals surface area contributed by atoms with Crippen molar-refractivity contribution in [3.05, 3.63) is 80.7 Å². The van der Waals surface area contributed by atoms with Gasteiger partial charge in [0.2, 0.25) is 5.78 Å². The van der Waals surface area contributed by atoms with E-state index in [9.17, 15) is 14.7 Å². The number of thiophene rings is 1. The molecule has 0 fully saturated rings. The molecule has 4 rings (SSSR count). The molecule has 1 aliphatic rings. The molecule has 0 spiro atoms. The Kier molecular flexibility index (Phi) is 4.18. The van der Waals surface area contributed by atoms with Crippen LogP contribution in [0.15, 0.2) is 64.7 Å². The molecular formula is C19H14N2O3S2. The van der Waals surface area contributed by atoms with Crippen molar-refractivity contribution in [1.82, 2.24) is 4.98 Å². The van der Waals surface area contributed by atoms with E-state index >= 15 is 0 Å². The molecule has 1 aliphatic heterocycles. The van der Waals surface area contributed by atoms with Crippen LogP contribution in [-0.4, -0.2) is 21.8 Å². The number of aromatic nitrogens is 1. The zero-order chi connectivity index (χ0) is 18.3. The summed E-state index contributed by atoms with van der Waals surface area (Å²) in [5.41, 5.74) is 1.91. The maximum atomic E-state index is 13.0. The van der Waals surface area contributed by atoms with Gasteiger partial charge in [-0.15, -0.1) is 22.7 Å². The van der Waals surface area contributed by atoms with Crippen LogP contribution in [-0.2, 0) is 4.79 Å². The number of rotatable bonds is 4. The normalized spacial score (nSPS) is 17.2. The highest BCUT2D eigenvalue weighted by atomic mass is 32.1. The minimum atomic E-state index is -0.705. The number of benzene rings is 1. The summed E-state index contributed by atoms with van der Waals surface area (Å²) < 4.78 is 0. The van der Waals surface area contributed by atoms with Gasteiger partial charge in [0, 0.05) is 11.6 Å². The van der Waals surface area contributed by atoms with Crippen LogP contribution >= 0.6 is 22.7 Å². The van der Waals surface area contributed by atoms with Gasteiger partial charge in [0.25, 0.3) is 5.91 Å². The van der Waals surface area contributed by atoms with Crippen molar-refractivity contribution in [2.75, 3.05) is 4.90 Å². The van der Waals surface area contributed by atoms with Crippen LogP contribution in [0.25, 0.3) is 0 Å². The van der Waals surface area contributed by atoms with Crippen molar-refractivity contribution in [2.45, 2.75) is 13.0 Å². The average Bonchev–Trinajstić information content (AvgIpc) is 3.38.